The summed E-state index contributed by atoms with van der Waals surface area (Å²) in [4.78, 5) is 32.4. The predicted octanol–water partition coefficient (Wildman–Crippen LogP) is 3.41. The van der Waals surface area contributed by atoms with Gasteiger partial charge in [0.25, 0.3) is 0 Å². The largest absolute Gasteiger partial charge is 0.494 e. The lowest BCUT2D eigenvalue weighted by atomic mass is 9.85. The normalized spacial score (nSPS) is 16.2. The van der Waals surface area contributed by atoms with Crippen LogP contribution in [-0.4, -0.2) is 34.8 Å². The van der Waals surface area contributed by atoms with Crippen molar-refractivity contribution in [2.24, 2.45) is 5.92 Å². The monoisotopic (exact) mass is 399 g/mol. The van der Waals surface area contributed by atoms with Gasteiger partial charge in [-0.25, -0.2) is 4.98 Å². The number of thiazole rings is 1. The number of hydrogen-bond acceptors (Lipinski definition) is 5. The molecule has 2 aliphatic rings. The van der Waals surface area contributed by atoms with Crippen molar-refractivity contribution in [3.05, 3.63) is 40.4 Å². The van der Waals surface area contributed by atoms with Crippen LogP contribution in [-0.2, 0) is 29.0 Å². The summed E-state index contributed by atoms with van der Waals surface area (Å²) in [6.07, 6.45) is 4.21. The second kappa shape index (κ2) is 8.31. The van der Waals surface area contributed by atoms with Gasteiger partial charge in [-0.1, -0.05) is 29.9 Å². The summed E-state index contributed by atoms with van der Waals surface area (Å²) in [5.74, 6) is 1.17. The van der Waals surface area contributed by atoms with Gasteiger partial charge in [0.1, 0.15) is 5.75 Å². The molecule has 2 aromatic rings. The number of fused-ring (bicyclic) bond motifs is 1. The van der Waals surface area contributed by atoms with Crippen LogP contribution in [0.2, 0.25) is 0 Å². The lowest BCUT2D eigenvalue weighted by molar-refractivity contribution is -0.131. The molecule has 1 aromatic carbocycles. The Bertz CT molecular complexity index is 858. The Hall–Kier alpha value is -2.41. The van der Waals surface area contributed by atoms with Crippen molar-refractivity contribution in [3.63, 3.8) is 0 Å². The van der Waals surface area contributed by atoms with Crippen LogP contribution in [0.5, 0.6) is 5.75 Å². The highest BCUT2D eigenvalue weighted by Gasteiger charge is 2.28. The lowest BCUT2D eigenvalue weighted by Crippen LogP contribution is -2.36. The Morgan fingerprint density at radius 2 is 2.07 bits per heavy atom. The van der Waals surface area contributed by atoms with E-state index in [1.54, 1.807) is 0 Å². The Morgan fingerprint density at radius 3 is 2.75 bits per heavy atom. The molecule has 1 saturated carbocycles. The maximum Gasteiger partial charge on any atom is 0.229 e. The molecule has 2 heterocycles. The third-order valence-corrected chi connectivity index (χ3v) is 6.38. The number of nitrogens with one attached hydrogen (secondary N) is 1. The maximum atomic E-state index is 12.7. The number of aromatic nitrogens is 1. The standard InChI is InChI=1S/C21H25N3O3S/c1-2-27-16-8-6-14(7-9-16)12-19(25)24-11-10-17-18(13-24)28-21(22-17)23-20(26)15-4-3-5-15/h6-9,15H,2-5,10-13H2,1H3,(H,22,23,26). The fourth-order valence-electron chi connectivity index (χ4n) is 3.50. The van der Waals surface area contributed by atoms with Crippen LogP contribution < -0.4 is 10.1 Å². The topological polar surface area (TPSA) is 71.5 Å². The third kappa shape index (κ3) is 4.19. The summed E-state index contributed by atoms with van der Waals surface area (Å²) in [6, 6.07) is 7.69. The van der Waals surface area contributed by atoms with Gasteiger partial charge < -0.3 is 15.0 Å². The smallest absolute Gasteiger partial charge is 0.229 e. The molecule has 1 aliphatic carbocycles. The second-order valence-electron chi connectivity index (χ2n) is 7.32. The van der Waals surface area contributed by atoms with Gasteiger partial charge in [0.05, 0.1) is 25.3 Å². The van der Waals surface area contributed by atoms with Crippen molar-refractivity contribution >= 4 is 28.3 Å². The van der Waals surface area contributed by atoms with Crippen LogP contribution in [0.15, 0.2) is 24.3 Å². The van der Waals surface area contributed by atoms with Gasteiger partial charge >= 0.3 is 0 Å². The molecule has 0 spiro atoms. The van der Waals surface area contributed by atoms with Gasteiger partial charge in [0, 0.05) is 23.8 Å². The molecule has 0 radical (unpaired) electrons. The van der Waals surface area contributed by atoms with E-state index in [0.29, 0.717) is 31.2 Å². The molecule has 148 valence electrons. The minimum atomic E-state index is 0.0841. The minimum Gasteiger partial charge on any atom is -0.494 e. The summed E-state index contributed by atoms with van der Waals surface area (Å²) in [6.45, 7) is 3.82. The average Bonchev–Trinajstić information content (AvgIpc) is 3.03. The van der Waals surface area contributed by atoms with Crippen LogP contribution >= 0.6 is 11.3 Å². The molecular weight excluding hydrogens is 374 g/mol. The van der Waals surface area contributed by atoms with Crippen molar-refractivity contribution < 1.29 is 14.3 Å². The van der Waals surface area contributed by atoms with E-state index in [2.05, 4.69) is 10.3 Å². The first-order chi connectivity index (χ1) is 13.6. The highest BCUT2D eigenvalue weighted by Crippen LogP contribution is 2.31. The van der Waals surface area contributed by atoms with Crippen molar-refractivity contribution in [1.82, 2.24) is 9.88 Å². The number of carbonyl (C=O) groups is 2. The number of nitrogens with zero attached hydrogens (tertiary/aromatic N) is 2. The zero-order valence-electron chi connectivity index (χ0n) is 16.1. The molecule has 1 aliphatic heterocycles. The van der Waals surface area contributed by atoms with E-state index in [-0.39, 0.29) is 17.7 Å². The molecular formula is C21H25N3O3S. The van der Waals surface area contributed by atoms with Crippen LogP contribution in [0, 0.1) is 5.92 Å². The Kier molecular flexibility index (Phi) is 5.62. The summed E-state index contributed by atoms with van der Waals surface area (Å²) < 4.78 is 5.45. The van der Waals surface area contributed by atoms with Gasteiger partial charge in [-0.2, -0.15) is 0 Å². The van der Waals surface area contributed by atoms with Crippen LogP contribution in [0.4, 0.5) is 5.13 Å². The van der Waals surface area contributed by atoms with Gasteiger partial charge in [0.15, 0.2) is 5.13 Å². The lowest BCUT2D eigenvalue weighted by Gasteiger charge is -2.26. The van der Waals surface area contributed by atoms with Crippen LogP contribution in [0.3, 0.4) is 0 Å². The first-order valence-electron chi connectivity index (χ1n) is 9.91. The summed E-state index contributed by atoms with van der Waals surface area (Å²) >= 11 is 1.50. The first-order valence-corrected chi connectivity index (χ1v) is 10.7. The van der Waals surface area contributed by atoms with E-state index in [1.165, 1.54) is 11.3 Å². The number of carbonyl (C=O) groups excluding carboxylic acids is 2. The molecule has 0 bridgehead atoms. The van der Waals surface area contributed by atoms with Gasteiger partial charge in [-0.15, -0.1) is 0 Å². The molecule has 1 fully saturated rings. The van der Waals surface area contributed by atoms with E-state index >= 15 is 0 Å². The zero-order valence-corrected chi connectivity index (χ0v) is 16.9. The molecule has 0 unspecified atom stereocenters. The average molecular weight is 400 g/mol. The van der Waals surface area contributed by atoms with Crippen LogP contribution in [0.25, 0.3) is 0 Å². The number of amides is 2. The fraction of sp³-hybridized carbons (Fsp3) is 0.476. The quantitative estimate of drug-likeness (QED) is 0.808. The van der Waals surface area contributed by atoms with E-state index in [4.69, 9.17) is 4.74 Å². The maximum absolute atomic E-state index is 12.7. The Morgan fingerprint density at radius 1 is 1.29 bits per heavy atom. The summed E-state index contributed by atoms with van der Waals surface area (Å²) in [5.41, 5.74) is 2.00. The molecule has 28 heavy (non-hydrogen) atoms. The fourth-order valence-corrected chi connectivity index (χ4v) is 4.52. The molecule has 0 saturated heterocycles. The van der Waals surface area contributed by atoms with Crippen LogP contribution in [0.1, 0.15) is 42.3 Å². The molecule has 0 atom stereocenters. The highest BCUT2D eigenvalue weighted by molar-refractivity contribution is 7.15. The van der Waals surface area contributed by atoms with Crippen molar-refractivity contribution in [2.75, 3.05) is 18.5 Å². The number of anilines is 1. The molecule has 6 nitrogen and oxygen atoms in total. The number of hydrogen-bond donors (Lipinski definition) is 1. The number of rotatable bonds is 6. The minimum absolute atomic E-state index is 0.0841. The number of ether oxygens (including phenoxy) is 1. The molecule has 2 amide bonds. The SMILES string of the molecule is CCOc1ccc(CC(=O)N2CCc3nc(NC(=O)C4CCC4)sc3C2)cc1. The van der Waals surface area contributed by atoms with Gasteiger partial charge in [-0.05, 0) is 37.5 Å². The second-order valence-corrected chi connectivity index (χ2v) is 8.41. The summed E-state index contributed by atoms with van der Waals surface area (Å²) in [7, 11) is 0. The Labute approximate surface area is 168 Å². The molecule has 1 aromatic heterocycles. The van der Waals surface area contributed by atoms with E-state index < -0.39 is 0 Å². The molecule has 1 N–H and O–H groups in total. The first kappa shape index (κ1) is 18.9. The number of benzene rings is 1. The van der Waals surface area contributed by atoms with E-state index in [0.717, 1.165) is 47.6 Å². The van der Waals surface area contributed by atoms with Crippen molar-refractivity contribution in [1.29, 1.82) is 0 Å². The van der Waals surface area contributed by atoms with E-state index in [9.17, 15) is 9.59 Å². The predicted molar refractivity (Wildman–Crippen MR) is 109 cm³/mol. The molecule has 7 heteroatoms. The highest BCUT2D eigenvalue weighted by atomic mass is 32.1. The van der Waals surface area contributed by atoms with Gasteiger partial charge in [0.2, 0.25) is 11.8 Å². The zero-order chi connectivity index (χ0) is 19.5. The van der Waals surface area contributed by atoms with Crippen molar-refractivity contribution in [2.45, 2.75) is 45.6 Å². The summed E-state index contributed by atoms with van der Waals surface area (Å²) in [5, 5.41) is 3.62. The van der Waals surface area contributed by atoms with Crippen molar-refractivity contribution in [3.8, 4) is 5.75 Å². The molecule has 4 rings (SSSR count). The Balaban J connectivity index is 1.35. The van der Waals surface area contributed by atoms with Gasteiger partial charge in [-0.3, -0.25) is 9.59 Å². The van der Waals surface area contributed by atoms with E-state index in [1.807, 2.05) is 36.1 Å². The third-order valence-electron chi connectivity index (χ3n) is 5.38.